The van der Waals surface area contributed by atoms with E-state index in [9.17, 15) is 0 Å². The average Bonchev–Trinajstić information content (AvgIpc) is 2.29. The van der Waals surface area contributed by atoms with Crippen molar-refractivity contribution in [1.29, 1.82) is 0 Å². The molecule has 0 bridgehead atoms. The maximum atomic E-state index is 4.18. The van der Waals surface area contributed by atoms with E-state index in [1.165, 1.54) is 33.4 Å². The zero-order valence-electron chi connectivity index (χ0n) is 9.46. The van der Waals surface area contributed by atoms with Crippen molar-refractivity contribution >= 4 is 5.57 Å². The van der Waals surface area contributed by atoms with E-state index < -0.39 is 0 Å². The Morgan fingerprint density at radius 3 is 2.50 bits per heavy atom. The summed E-state index contributed by atoms with van der Waals surface area (Å²) in [5.41, 5.74) is 7.96. The van der Waals surface area contributed by atoms with Gasteiger partial charge < -0.3 is 0 Å². The van der Waals surface area contributed by atoms with Crippen LogP contribution >= 0.6 is 0 Å². The molecule has 0 atom stereocenters. The minimum atomic E-state index is 0.980. The highest BCUT2D eigenvalue weighted by molar-refractivity contribution is 5.87. The molecule has 0 fully saturated rings. The molecule has 0 aliphatic heterocycles. The number of aryl methyl sites for hydroxylation is 1. The van der Waals surface area contributed by atoms with E-state index in [1.54, 1.807) is 0 Å². The summed E-state index contributed by atoms with van der Waals surface area (Å²) in [6, 6.07) is 15.2. The summed E-state index contributed by atoms with van der Waals surface area (Å²) < 4.78 is 0. The van der Waals surface area contributed by atoms with Crippen LogP contribution in [0.5, 0.6) is 0 Å². The fraction of sp³-hybridized carbons (Fsp3) is 0.125. The Bertz CT molecular complexity index is 576. The first-order chi connectivity index (χ1) is 7.75. The van der Waals surface area contributed by atoms with Crippen molar-refractivity contribution < 1.29 is 0 Å². The van der Waals surface area contributed by atoms with Crippen molar-refractivity contribution in [2.75, 3.05) is 0 Å². The minimum absolute atomic E-state index is 0.980. The van der Waals surface area contributed by atoms with Crippen LogP contribution in [0.15, 0.2) is 49.0 Å². The third-order valence-corrected chi connectivity index (χ3v) is 3.26. The third-order valence-electron chi connectivity index (χ3n) is 3.26. The van der Waals surface area contributed by atoms with Crippen molar-refractivity contribution in [3.8, 4) is 11.1 Å². The van der Waals surface area contributed by atoms with E-state index in [0.717, 1.165) is 6.42 Å². The summed E-state index contributed by atoms with van der Waals surface area (Å²) >= 11 is 0. The van der Waals surface area contributed by atoms with Gasteiger partial charge in [-0.2, -0.15) is 0 Å². The zero-order valence-corrected chi connectivity index (χ0v) is 9.46. The summed E-state index contributed by atoms with van der Waals surface area (Å²) in [4.78, 5) is 0. The second kappa shape index (κ2) is 3.34. The van der Waals surface area contributed by atoms with Crippen LogP contribution in [0.3, 0.4) is 0 Å². The van der Waals surface area contributed by atoms with Gasteiger partial charge >= 0.3 is 0 Å². The molecule has 1 aliphatic carbocycles. The first kappa shape index (κ1) is 9.41. The lowest BCUT2D eigenvalue weighted by atomic mass is 9.82. The molecule has 0 spiro atoms. The van der Waals surface area contributed by atoms with Crippen LogP contribution in [0, 0.1) is 6.92 Å². The number of fused-ring (bicyclic) bond motifs is 3. The van der Waals surface area contributed by atoms with Gasteiger partial charge in [-0.1, -0.05) is 54.6 Å². The monoisotopic (exact) mass is 206 g/mol. The third kappa shape index (κ3) is 1.30. The standard InChI is InChI=1S/C16H14/c1-11-7-8-15-13(9-11)10-12(2)14-5-3-4-6-16(14)15/h3-9H,2,10H2,1H3. The minimum Gasteiger partial charge on any atom is -0.0949 e. The number of benzene rings is 2. The molecule has 78 valence electrons. The second-order valence-electron chi connectivity index (χ2n) is 4.49. The zero-order chi connectivity index (χ0) is 11.1. The number of hydrogen-bond acceptors (Lipinski definition) is 0. The molecule has 0 saturated carbocycles. The molecule has 16 heavy (non-hydrogen) atoms. The molecule has 0 amide bonds. The molecule has 0 saturated heterocycles. The summed E-state index contributed by atoms with van der Waals surface area (Å²) in [7, 11) is 0. The fourth-order valence-electron chi connectivity index (χ4n) is 2.48. The smallest absolute Gasteiger partial charge is 0.00192 e. The molecule has 0 heteroatoms. The van der Waals surface area contributed by atoms with Crippen molar-refractivity contribution in [1.82, 2.24) is 0 Å². The van der Waals surface area contributed by atoms with Gasteiger partial charge in [0.2, 0.25) is 0 Å². The van der Waals surface area contributed by atoms with Crippen molar-refractivity contribution in [3.63, 3.8) is 0 Å². The summed E-state index contributed by atoms with van der Waals surface area (Å²) in [5.74, 6) is 0. The highest BCUT2D eigenvalue weighted by Gasteiger charge is 2.17. The topological polar surface area (TPSA) is 0 Å². The molecule has 0 unspecified atom stereocenters. The second-order valence-corrected chi connectivity index (χ2v) is 4.49. The van der Waals surface area contributed by atoms with Crippen LogP contribution in [0.1, 0.15) is 16.7 Å². The molecule has 0 nitrogen and oxygen atoms in total. The maximum Gasteiger partial charge on any atom is -0.00192 e. The number of hydrogen-bond donors (Lipinski definition) is 0. The van der Waals surface area contributed by atoms with Gasteiger partial charge in [0.25, 0.3) is 0 Å². The maximum absolute atomic E-state index is 4.18. The van der Waals surface area contributed by atoms with Crippen LogP contribution in [0.4, 0.5) is 0 Å². The van der Waals surface area contributed by atoms with E-state index in [-0.39, 0.29) is 0 Å². The van der Waals surface area contributed by atoms with E-state index >= 15 is 0 Å². The number of rotatable bonds is 0. The van der Waals surface area contributed by atoms with Crippen LogP contribution in [0.25, 0.3) is 16.7 Å². The van der Waals surface area contributed by atoms with Gasteiger partial charge in [-0.3, -0.25) is 0 Å². The Morgan fingerprint density at radius 1 is 0.938 bits per heavy atom. The largest absolute Gasteiger partial charge is 0.0949 e. The lowest BCUT2D eigenvalue weighted by Crippen LogP contribution is -2.02. The summed E-state index contributed by atoms with van der Waals surface area (Å²) in [6.07, 6.45) is 0.980. The molecule has 1 aliphatic rings. The van der Waals surface area contributed by atoms with Crippen molar-refractivity contribution in [2.24, 2.45) is 0 Å². The summed E-state index contributed by atoms with van der Waals surface area (Å²) in [6.45, 7) is 6.33. The Labute approximate surface area is 96.3 Å². The predicted octanol–water partition coefficient (Wildman–Crippen LogP) is 4.23. The van der Waals surface area contributed by atoms with Gasteiger partial charge in [-0.25, -0.2) is 0 Å². The Morgan fingerprint density at radius 2 is 1.69 bits per heavy atom. The van der Waals surface area contributed by atoms with Gasteiger partial charge in [0.15, 0.2) is 0 Å². The van der Waals surface area contributed by atoms with Gasteiger partial charge in [0.1, 0.15) is 0 Å². The Hall–Kier alpha value is -1.82. The van der Waals surface area contributed by atoms with Gasteiger partial charge in [-0.15, -0.1) is 0 Å². The first-order valence-corrected chi connectivity index (χ1v) is 5.63. The van der Waals surface area contributed by atoms with Crippen molar-refractivity contribution in [3.05, 3.63) is 65.7 Å². The van der Waals surface area contributed by atoms with E-state index in [0.29, 0.717) is 0 Å². The predicted molar refractivity (Wildman–Crippen MR) is 69.4 cm³/mol. The molecule has 0 heterocycles. The molecular formula is C16H14. The van der Waals surface area contributed by atoms with Crippen LogP contribution in [-0.4, -0.2) is 0 Å². The Kier molecular flexibility index (Phi) is 1.97. The lowest BCUT2D eigenvalue weighted by molar-refractivity contribution is 1.23. The highest BCUT2D eigenvalue weighted by atomic mass is 14.2. The van der Waals surface area contributed by atoms with E-state index in [2.05, 4.69) is 56.0 Å². The molecule has 2 aromatic rings. The lowest BCUT2D eigenvalue weighted by Gasteiger charge is -2.22. The molecule has 2 aromatic carbocycles. The molecule has 0 N–H and O–H groups in total. The average molecular weight is 206 g/mol. The van der Waals surface area contributed by atoms with Crippen LogP contribution < -0.4 is 0 Å². The Balaban J connectivity index is 2.32. The molecular weight excluding hydrogens is 192 g/mol. The van der Waals surface area contributed by atoms with E-state index in [4.69, 9.17) is 0 Å². The summed E-state index contributed by atoms with van der Waals surface area (Å²) in [5, 5.41) is 0. The SMILES string of the molecule is C=C1Cc2cc(C)ccc2-c2ccccc21. The van der Waals surface area contributed by atoms with Gasteiger partial charge in [0.05, 0.1) is 0 Å². The van der Waals surface area contributed by atoms with Gasteiger partial charge in [-0.05, 0) is 41.2 Å². The first-order valence-electron chi connectivity index (χ1n) is 5.63. The quantitative estimate of drug-likeness (QED) is 0.605. The highest BCUT2D eigenvalue weighted by Crippen LogP contribution is 2.38. The van der Waals surface area contributed by atoms with E-state index in [1.807, 2.05) is 0 Å². The number of allylic oxidation sites excluding steroid dienone is 1. The van der Waals surface area contributed by atoms with Gasteiger partial charge in [0, 0.05) is 0 Å². The normalized spacial score (nSPS) is 13.2. The fourth-order valence-corrected chi connectivity index (χ4v) is 2.48. The molecule has 0 aromatic heterocycles. The van der Waals surface area contributed by atoms with Crippen molar-refractivity contribution in [2.45, 2.75) is 13.3 Å². The van der Waals surface area contributed by atoms with Crippen LogP contribution in [-0.2, 0) is 6.42 Å². The molecule has 0 radical (unpaired) electrons. The van der Waals surface area contributed by atoms with Crippen LogP contribution in [0.2, 0.25) is 0 Å². The molecule has 3 rings (SSSR count).